The van der Waals surface area contributed by atoms with Crippen LogP contribution in [0.3, 0.4) is 0 Å². The minimum Gasteiger partial charge on any atom is -0.310 e. The maximum absolute atomic E-state index is 4.48. The number of anilines is 2. The zero-order valence-corrected chi connectivity index (χ0v) is 17.1. The van der Waals surface area contributed by atoms with E-state index in [0.717, 1.165) is 0 Å². The van der Waals surface area contributed by atoms with E-state index in [0.29, 0.717) is 0 Å². The highest BCUT2D eigenvalue weighted by Gasteiger charge is 2.39. The summed E-state index contributed by atoms with van der Waals surface area (Å²) in [6, 6.07) is 33.3. The van der Waals surface area contributed by atoms with Crippen LogP contribution in [0.15, 0.2) is 103 Å². The minimum atomic E-state index is -0.719. The number of aromatic nitrogens is 1. The second-order valence-corrected chi connectivity index (χ2v) is 9.72. The first-order valence-corrected chi connectivity index (χ1v) is 11.5. The molecule has 2 aliphatic heterocycles. The van der Waals surface area contributed by atoms with Crippen LogP contribution in [0.2, 0.25) is 0 Å². The van der Waals surface area contributed by atoms with Crippen LogP contribution in [0.25, 0.3) is 33.0 Å². The fourth-order valence-corrected chi connectivity index (χ4v) is 7.72. The Kier molecular flexibility index (Phi) is 3.27. The molecule has 1 atom stereocenters. The molecule has 0 radical (unpaired) electrons. The zero-order valence-electron chi connectivity index (χ0n) is 16.2. The third-order valence-electron chi connectivity index (χ3n) is 6.18. The highest BCUT2D eigenvalue weighted by atomic mass is 31.1. The first kappa shape index (κ1) is 16.3. The van der Waals surface area contributed by atoms with Gasteiger partial charge in [-0.2, -0.15) is 0 Å². The Morgan fingerprint density at radius 1 is 0.600 bits per heavy atom. The van der Waals surface area contributed by atoms with Crippen molar-refractivity contribution >= 4 is 40.8 Å². The second kappa shape index (κ2) is 6.01. The van der Waals surface area contributed by atoms with Crippen LogP contribution < -0.4 is 15.3 Å². The quantitative estimate of drug-likeness (QED) is 0.280. The van der Waals surface area contributed by atoms with Crippen molar-refractivity contribution in [2.24, 2.45) is 0 Å². The van der Waals surface area contributed by atoms with Crippen molar-refractivity contribution in [2.75, 3.05) is 4.67 Å². The van der Waals surface area contributed by atoms with Gasteiger partial charge in [-0.15, -0.1) is 0 Å². The number of pyridine rings is 1. The normalized spacial score (nSPS) is 15.6. The van der Waals surface area contributed by atoms with Gasteiger partial charge in [-0.3, -0.25) is 4.98 Å². The fraction of sp³-hybridized carbons (Fsp3) is 0. The lowest BCUT2D eigenvalue weighted by atomic mass is 9.97. The molecule has 0 amide bonds. The summed E-state index contributed by atoms with van der Waals surface area (Å²) < 4.78 is 2.61. The van der Waals surface area contributed by atoms with Crippen molar-refractivity contribution in [1.82, 2.24) is 4.98 Å². The molecule has 0 spiro atoms. The molecule has 0 saturated carbocycles. The summed E-state index contributed by atoms with van der Waals surface area (Å²) in [7, 11) is -0.719. The molecule has 2 nitrogen and oxygen atoms in total. The summed E-state index contributed by atoms with van der Waals surface area (Å²) in [5, 5.41) is 5.41. The molecule has 3 heteroatoms. The molecule has 7 rings (SSSR count). The lowest BCUT2D eigenvalue weighted by Gasteiger charge is -2.45. The first-order chi connectivity index (χ1) is 14.9. The van der Waals surface area contributed by atoms with E-state index in [1.807, 2.05) is 12.4 Å². The molecule has 30 heavy (non-hydrogen) atoms. The number of hydrogen-bond acceptors (Lipinski definition) is 2. The number of rotatable bonds is 0. The summed E-state index contributed by atoms with van der Waals surface area (Å²) in [6.07, 6.45) is 3.94. The molecular formula is C27H17N2P. The van der Waals surface area contributed by atoms with Crippen molar-refractivity contribution in [1.29, 1.82) is 0 Å². The zero-order chi connectivity index (χ0) is 19.7. The first-order valence-electron chi connectivity index (χ1n) is 10.2. The van der Waals surface area contributed by atoms with Crippen molar-refractivity contribution < 1.29 is 0 Å². The minimum absolute atomic E-state index is 0.719. The van der Waals surface area contributed by atoms with E-state index in [9.17, 15) is 0 Å². The van der Waals surface area contributed by atoms with E-state index in [-0.39, 0.29) is 0 Å². The number of fused-ring (bicyclic) bond motifs is 13. The van der Waals surface area contributed by atoms with Crippen molar-refractivity contribution in [3.63, 3.8) is 0 Å². The summed E-state index contributed by atoms with van der Waals surface area (Å²) in [5.74, 6) is 0. The van der Waals surface area contributed by atoms with Crippen LogP contribution in [0, 0.1) is 0 Å². The summed E-state index contributed by atoms with van der Waals surface area (Å²) >= 11 is 0. The number of nitrogens with zero attached hydrogens (tertiary/aromatic N) is 2. The third-order valence-corrected chi connectivity index (χ3v) is 8.69. The number of hydrogen-bond donors (Lipinski definition) is 0. The van der Waals surface area contributed by atoms with Crippen molar-refractivity contribution in [2.45, 2.75) is 0 Å². The van der Waals surface area contributed by atoms with Crippen LogP contribution in [-0.2, 0) is 0 Å². The standard InChI is InChI=1S/C27H17N2P/c1-2-8-19-18(7-1)13-14-22-20-9-3-5-11-25(20)30-26-12-6-4-10-21(26)23-17-28-16-15-24(23)29(30)27(19)22/h1-17H. The Morgan fingerprint density at radius 2 is 1.30 bits per heavy atom. The molecule has 2 aliphatic rings. The SMILES string of the molecule is c1ccc2c(c1)-c1cnccc1N1c3c(ccc4ccccc34)-c3ccccc3P21. The Bertz CT molecular complexity index is 1470. The van der Waals surface area contributed by atoms with Crippen molar-refractivity contribution in [3.8, 4) is 22.3 Å². The van der Waals surface area contributed by atoms with Gasteiger partial charge in [0.15, 0.2) is 0 Å². The number of benzene rings is 4. The van der Waals surface area contributed by atoms with Gasteiger partial charge in [0, 0.05) is 39.5 Å². The van der Waals surface area contributed by atoms with E-state index in [4.69, 9.17) is 0 Å². The highest BCUT2D eigenvalue weighted by Crippen LogP contribution is 2.62. The molecule has 0 aliphatic carbocycles. The molecular weight excluding hydrogens is 383 g/mol. The molecule has 0 fully saturated rings. The average Bonchev–Trinajstić information content (AvgIpc) is 2.83. The van der Waals surface area contributed by atoms with Gasteiger partial charge in [-0.25, -0.2) is 0 Å². The monoisotopic (exact) mass is 400 g/mol. The Morgan fingerprint density at radius 3 is 2.13 bits per heavy atom. The fourth-order valence-electron chi connectivity index (χ4n) is 4.93. The van der Waals surface area contributed by atoms with Gasteiger partial charge in [-0.1, -0.05) is 84.9 Å². The van der Waals surface area contributed by atoms with Gasteiger partial charge < -0.3 is 4.67 Å². The molecule has 0 N–H and O–H groups in total. The van der Waals surface area contributed by atoms with E-state index >= 15 is 0 Å². The van der Waals surface area contributed by atoms with Gasteiger partial charge in [-0.05, 0) is 22.6 Å². The van der Waals surface area contributed by atoms with Gasteiger partial charge >= 0.3 is 0 Å². The van der Waals surface area contributed by atoms with Gasteiger partial charge in [0.05, 0.1) is 19.4 Å². The van der Waals surface area contributed by atoms with Crippen LogP contribution in [0.5, 0.6) is 0 Å². The van der Waals surface area contributed by atoms with E-state index in [1.165, 1.54) is 55.0 Å². The van der Waals surface area contributed by atoms with E-state index in [1.54, 1.807) is 0 Å². The maximum Gasteiger partial charge on any atom is 0.0611 e. The Hall–Kier alpha value is -3.48. The maximum atomic E-state index is 4.48. The van der Waals surface area contributed by atoms with Gasteiger partial charge in [0.25, 0.3) is 0 Å². The predicted molar refractivity (Wildman–Crippen MR) is 127 cm³/mol. The molecule has 140 valence electrons. The average molecular weight is 400 g/mol. The van der Waals surface area contributed by atoms with Crippen LogP contribution in [-0.4, -0.2) is 4.98 Å². The molecule has 1 unspecified atom stereocenters. The van der Waals surface area contributed by atoms with Gasteiger partial charge in [0.1, 0.15) is 0 Å². The highest BCUT2D eigenvalue weighted by molar-refractivity contribution is 7.75. The molecule has 4 aromatic carbocycles. The molecule has 1 aromatic heterocycles. The van der Waals surface area contributed by atoms with Gasteiger partial charge in [0.2, 0.25) is 0 Å². The van der Waals surface area contributed by atoms with E-state index in [2.05, 4.69) is 101 Å². The Balaban J connectivity index is 1.69. The second-order valence-electron chi connectivity index (χ2n) is 7.73. The van der Waals surface area contributed by atoms with Crippen molar-refractivity contribution in [3.05, 3.63) is 103 Å². The molecule has 0 saturated heterocycles. The van der Waals surface area contributed by atoms with Crippen LogP contribution >= 0.6 is 8.07 Å². The topological polar surface area (TPSA) is 16.1 Å². The summed E-state index contributed by atoms with van der Waals surface area (Å²) in [4.78, 5) is 4.48. The molecule has 3 heterocycles. The molecule has 5 aromatic rings. The smallest absolute Gasteiger partial charge is 0.0611 e. The third kappa shape index (κ3) is 2.04. The lowest BCUT2D eigenvalue weighted by molar-refractivity contribution is 1.30. The van der Waals surface area contributed by atoms with Crippen LogP contribution in [0.1, 0.15) is 0 Å². The lowest BCUT2D eigenvalue weighted by Crippen LogP contribution is -2.34. The van der Waals surface area contributed by atoms with E-state index < -0.39 is 8.07 Å². The molecule has 0 bridgehead atoms. The largest absolute Gasteiger partial charge is 0.310 e. The predicted octanol–water partition coefficient (Wildman–Crippen LogP) is 6.38. The van der Waals surface area contributed by atoms with Crippen LogP contribution in [0.4, 0.5) is 11.4 Å². The Labute approximate surface area is 176 Å². The summed E-state index contributed by atoms with van der Waals surface area (Å²) in [5.41, 5.74) is 7.76. The summed E-state index contributed by atoms with van der Waals surface area (Å²) in [6.45, 7) is 0.